The van der Waals surface area contributed by atoms with E-state index >= 15 is 0 Å². The first-order valence-electron chi connectivity index (χ1n) is 15.1. The summed E-state index contributed by atoms with van der Waals surface area (Å²) >= 11 is 0. The molecule has 228 valence electrons. The van der Waals surface area contributed by atoms with Crippen molar-refractivity contribution >= 4 is 23.2 Å². The summed E-state index contributed by atoms with van der Waals surface area (Å²) < 4.78 is 23.2. The smallest absolute Gasteiger partial charge is 0.227 e. The molecule has 1 aliphatic rings. The number of hydrogen-bond acceptors (Lipinski definition) is 6. The van der Waals surface area contributed by atoms with Gasteiger partial charge in [0.25, 0.3) is 0 Å². The normalized spacial score (nSPS) is 15.9. The topological polar surface area (TPSA) is 95.1 Å². The Hall–Kier alpha value is -4.98. The highest BCUT2D eigenvalue weighted by atomic mass is 16.5. The molecule has 1 aliphatic carbocycles. The molecule has 0 aromatic heterocycles. The number of amides is 2. The lowest BCUT2D eigenvalue weighted by atomic mass is 9.81. The van der Waals surface area contributed by atoms with Crippen molar-refractivity contribution in [2.24, 2.45) is 11.8 Å². The molecule has 0 bridgehead atoms. The van der Waals surface area contributed by atoms with E-state index < -0.39 is 0 Å². The molecular formula is C36H38N2O6. The molecule has 0 spiro atoms. The molecule has 4 aromatic rings. The summed E-state index contributed by atoms with van der Waals surface area (Å²) in [5.74, 6) is 2.29. The standard InChI is InChI=1S/C36H38N2O6/c39-35(37-31-15-7-9-17-33(31)43-25-23-41-29-11-3-1-4-12-29)27-19-21-28(22-20-27)36(40)38-32-16-8-10-18-34(32)44-26-24-42-30-13-5-2-6-14-30/h1-18,27-28H,19-26H2,(H,37,39)(H,38,40). The van der Waals surface area contributed by atoms with E-state index in [2.05, 4.69) is 10.6 Å². The second-order valence-corrected chi connectivity index (χ2v) is 10.5. The van der Waals surface area contributed by atoms with Crippen LogP contribution in [0.1, 0.15) is 25.7 Å². The molecule has 1 saturated carbocycles. The molecule has 8 nitrogen and oxygen atoms in total. The van der Waals surface area contributed by atoms with Gasteiger partial charge < -0.3 is 29.6 Å². The Morgan fingerprint density at radius 1 is 0.477 bits per heavy atom. The van der Waals surface area contributed by atoms with Crippen molar-refractivity contribution in [1.29, 1.82) is 0 Å². The fraction of sp³-hybridized carbons (Fsp3) is 0.278. The summed E-state index contributed by atoms with van der Waals surface area (Å²) in [7, 11) is 0. The Bertz CT molecular complexity index is 1360. The Morgan fingerprint density at radius 3 is 1.23 bits per heavy atom. The van der Waals surface area contributed by atoms with Crippen molar-refractivity contribution in [1.82, 2.24) is 0 Å². The highest BCUT2D eigenvalue weighted by molar-refractivity contribution is 5.95. The molecule has 0 unspecified atom stereocenters. The zero-order valence-corrected chi connectivity index (χ0v) is 24.7. The molecule has 0 radical (unpaired) electrons. The number of anilines is 2. The van der Waals surface area contributed by atoms with Crippen LogP contribution in [0.3, 0.4) is 0 Å². The maximum Gasteiger partial charge on any atom is 0.227 e. The molecule has 4 aromatic carbocycles. The molecule has 0 atom stereocenters. The Labute approximate surface area is 258 Å². The van der Waals surface area contributed by atoms with Gasteiger partial charge in [0, 0.05) is 11.8 Å². The number of rotatable bonds is 14. The summed E-state index contributed by atoms with van der Waals surface area (Å²) in [6.45, 7) is 1.46. The second-order valence-electron chi connectivity index (χ2n) is 10.5. The van der Waals surface area contributed by atoms with Crippen molar-refractivity contribution < 1.29 is 28.5 Å². The molecular weight excluding hydrogens is 556 g/mol. The third kappa shape index (κ3) is 9.01. The van der Waals surface area contributed by atoms with Crippen molar-refractivity contribution in [3.05, 3.63) is 109 Å². The van der Waals surface area contributed by atoms with Gasteiger partial charge in [0.1, 0.15) is 49.4 Å². The fourth-order valence-corrected chi connectivity index (χ4v) is 5.13. The number of benzene rings is 4. The van der Waals surface area contributed by atoms with Crippen molar-refractivity contribution in [3.8, 4) is 23.0 Å². The summed E-state index contributed by atoms with van der Waals surface area (Å²) in [6.07, 6.45) is 2.53. The van der Waals surface area contributed by atoms with Crippen LogP contribution in [0.4, 0.5) is 11.4 Å². The Balaban J connectivity index is 1.05. The van der Waals surface area contributed by atoms with Gasteiger partial charge >= 0.3 is 0 Å². The van der Waals surface area contributed by atoms with Gasteiger partial charge in [-0.3, -0.25) is 9.59 Å². The first kappa shape index (κ1) is 30.5. The maximum absolute atomic E-state index is 13.1. The average Bonchev–Trinajstić information content (AvgIpc) is 3.07. The molecule has 0 saturated heterocycles. The quantitative estimate of drug-likeness (QED) is 0.153. The second kappa shape index (κ2) is 16.0. The third-order valence-electron chi connectivity index (χ3n) is 7.46. The monoisotopic (exact) mass is 594 g/mol. The lowest BCUT2D eigenvalue weighted by molar-refractivity contribution is -0.125. The molecule has 1 fully saturated rings. The van der Waals surface area contributed by atoms with Gasteiger partial charge in [-0.25, -0.2) is 0 Å². The first-order valence-corrected chi connectivity index (χ1v) is 15.1. The van der Waals surface area contributed by atoms with Crippen molar-refractivity contribution in [2.75, 3.05) is 37.1 Å². The minimum absolute atomic E-state index is 0.0584. The summed E-state index contributed by atoms with van der Waals surface area (Å²) in [4.78, 5) is 26.3. The highest BCUT2D eigenvalue weighted by Gasteiger charge is 2.30. The summed E-state index contributed by atoms with van der Waals surface area (Å²) in [5, 5.41) is 6.07. The van der Waals surface area contributed by atoms with E-state index in [4.69, 9.17) is 18.9 Å². The van der Waals surface area contributed by atoms with E-state index in [0.717, 1.165) is 11.5 Å². The fourth-order valence-electron chi connectivity index (χ4n) is 5.13. The minimum atomic E-state index is -0.172. The summed E-state index contributed by atoms with van der Waals surface area (Å²) in [5.41, 5.74) is 1.26. The van der Waals surface area contributed by atoms with Gasteiger partial charge in [-0.1, -0.05) is 60.7 Å². The van der Waals surface area contributed by atoms with Crippen LogP contribution in [-0.2, 0) is 9.59 Å². The molecule has 44 heavy (non-hydrogen) atoms. The molecule has 5 rings (SSSR count). The Morgan fingerprint density at radius 2 is 0.818 bits per heavy atom. The molecule has 2 amide bonds. The SMILES string of the molecule is O=C(Nc1ccccc1OCCOc1ccccc1)C1CCC(C(=O)Nc2ccccc2OCCOc2ccccc2)CC1. The predicted octanol–water partition coefficient (Wildman–Crippen LogP) is 6.99. The van der Waals surface area contributed by atoms with E-state index in [-0.39, 0.29) is 23.7 Å². The van der Waals surface area contributed by atoms with Crippen LogP contribution in [0.15, 0.2) is 109 Å². The van der Waals surface area contributed by atoms with E-state index in [1.807, 2.05) is 109 Å². The highest BCUT2D eigenvalue weighted by Crippen LogP contribution is 2.33. The lowest BCUT2D eigenvalue weighted by Gasteiger charge is -2.27. The third-order valence-corrected chi connectivity index (χ3v) is 7.46. The molecule has 0 heterocycles. The van der Waals surface area contributed by atoms with Crippen LogP contribution in [0, 0.1) is 11.8 Å². The number of hydrogen-bond donors (Lipinski definition) is 2. The van der Waals surface area contributed by atoms with Crippen LogP contribution < -0.4 is 29.6 Å². The van der Waals surface area contributed by atoms with Crippen molar-refractivity contribution in [2.45, 2.75) is 25.7 Å². The number of carbonyl (C=O) groups is 2. The molecule has 0 aliphatic heterocycles. The van der Waals surface area contributed by atoms with Gasteiger partial charge in [-0.2, -0.15) is 0 Å². The van der Waals surface area contributed by atoms with Gasteiger partial charge in [-0.15, -0.1) is 0 Å². The largest absolute Gasteiger partial charge is 0.490 e. The molecule has 2 N–H and O–H groups in total. The molecule has 8 heteroatoms. The first-order chi connectivity index (χ1) is 21.7. The van der Waals surface area contributed by atoms with E-state index in [1.54, 1.807) is 0 Å². The van der Waals surface area contributed by atoms with Crippen LogP contribution in [0.5, 0.6) is 23.0 Å². The van der Waals surface area contributed by atoms with Crippen LogP contribution >= 0.6 is 0 Å². The van der Waals surface area contributed by atoms with E-state index in [9.17, 15) is 9.59 Å². The van der Waals surface area contributed by atoms with Gasteiger partial charge in [-0.05, 0) is 74.2 Å². The minimum Gasteiger partial charge on any atom is -0.490 e. The number of carbonyl (C=O) groups excluding carboxylic acids is 2. The maximum atomic E-state index is 13.1. The lowest BCUT2D eigenvalue weighted by Crippen LogP contribution is -2.32. The average molecular weight is 595 g/mol. The zero-order valence-electron chi connectivity index (χ0n) is 24.7. The Kier molecular flexibility index (Phi) is 11.1. The van der Waals surface area contributed by atoms with Crippen molar-refractivity contribution in [3.63, 3.8) is 0 Å². The van der Waals surface area contributed by atoms with Crippen LogP contribution in [-0.4, -0.2) is 38.2 Å². The van der Waals surface area contributed by atoms with Gasteiger partial charge in [0.05, 0.1) is 11.4 Å². The van der Waals surface area contributed by atoms with Crippen LogP contribution in [0.25, 0.3) is 0 Å². The van der Waals surface area contributed by atoms with Crippen LogP contribution in [0.2, 0.25) is 0 Å². The summed E-state index contributed by atoms with van der Waals surface area (Å²) in [6, 6.07) is 33.9. The van der Waals surface area contributed by atoms with Gasteiger partial charge in [0.15, 0.2) is 0 Å². The predicted molar refractivity (Wildman–Crippen MR) is 170 cm³/mol. The number of ether oxygens (including phenoxy) is 4. The van der Waals surface area contributed by atoms with E-state index in [1.165, 1.54) is 0 Å². The van der Waals surface area contributed by atoms with E-state index in [0.29, 0.717) is 75.0 Å². The number of para-hydroxylation sites is 6. The number of nitrogens with one attached hydrogen (secondary N) is 2. The van der Waals surface area contributed by atoms with Gasteiger partial charge in [0.2, 0.25) is 11.8 Å². The zero-order chi connectivity index (χ0) is 30.4.